The minimum atomic E-state index is -1.52. The number of rotatable bonds is 6. The highest BCUT2D eigenvalue weighted by Crippen LogP contribution is 2.66. The van der Waals surface area contributed by atoms with Gasteiger partial charge in [0.2, 0.25) is 0 Å². The van der Waals surface area contributed by atoms with E-state index in [0.717, 1.165) is 22.9 Å². The monoisotopic (exact) mass is 415 g/mol. The van der Waals surface area contributed by atoms with Crippen LogP contribution in [0.15, 0.2) is 30.3 Å². The normalized spacial score (nSPS) is 28.1. The van der Waals surface area contributed by atoms with Crippen molar-refractivity contribution in [3.63, 3.8) is 0 Å². The molecule has 2 heteroatoms. The van der Waals surface area contributed by atoms with Gasteiger partial charge >= 0.3 is 0 Å². The predicted molar refractivity (Wildman–Crippen MR) is 130 cm³/mol. The van der Waals surface area contributed by atoms with Gasteiger partial charge in [-0.05, 0) is 80.5 Å². The second-order valence-electron chi connectivity index (χ2n) is 10.0. The molecule has 2 radical (unpaired) electrons. The molecule has 4 rings (SSSR count). The highest BCUT2D eigenvalue weighted by Gasteiger charge is 2.48. The molecule has 0 heterocycles. The lowest BCUT2D eigenvalue weighted by molar-refractivity contribution is 0.479. The molecule has 1 aromatic rings. The first-order chi connectivity index (χ1) is 13.7. The van der Waals surface area contributed by atoms with E-state index in [9.17, 15) is 0 Å². The van der Waals surface area contributed by atoms with Crippen molar-refractivity contribution < 1.29 is 0 Å². The first-order valence-corrected chi connectivity index (χ1v) is 16.2. The zero-order valence-electron chi connectivity index (χ0n) is 18.1. The van der Waals surface area contributed by atoms with Crippen LogP contribution in [-0.2, 0) is 0 Å². The molecule has 3 fully saturated rings. The third-order valence-corrected chi connectivity index (χ3v) is 15.4. The van der Waals surface area contributed by atoms with Crippen LogP contribution in [0.1, 0.15) is 83.5 Å². The van der Waals surface area contributed by atoms with Crippen molar-refractivity contribution in [2.45, 2.75) is 100 Å². The summed E-state index contributed by atoms with van der Waals surface area (Å²) in [6.07, 6.45) is 21.1. The Kier molecular flexibility index (Phi) is 7.56. The summed E-state index contributed by atoms with van der Waals surface area (Å²) in [7, 11) is -1.31. The molecule has 0 spiro atoms. The van der Waals surface area contributed by atoms with Crippen molar-refractivity contribution in [2.75, 3.05) is 12.8 Å². The van der Waals surface area contributed by atoms with Crippen LogP contribution in [0.4, 0.5) is 0 Å². The number of hydrogen-bond acceptors (Lipinski definition) is 0. The highest BCUT2D eigenvalue weighted by molar-refractivity contribution is 7.84. The van der Waals surface area contributed by atoms with E-state index < -0.39 is 7.26 Å². The van der Waals surface area contributed by atoms with E-state index in [1.54, 1.807) is 31.8 Å². The Morgan fingerprint density at radius 3 is 1.93 bits per heavy atom. The van der Waals surface area contributed by atoms with Gasteiger partial charge in [-0.3, -0.25) is 0 Å². The van der Waals surface area contributed by atoms with E-state index in [2.05, 4.69) is 37.0 Å². The lowest BCUT2D eigenvalue weighted by Crippen LogP contribution is -2.29. The maximum absolute atomic E-state index is 7.18. The molecule has 0 aliphatic heterocycles. The summed E-state index contributed by atoms with van der Waals surface area (Å²) in [5.41, 5.74) is 2.96. The lowest BCUT2D eigenvalue weighted by Gasteiger charge is -2.41. The van der Waals surface area contributed by atoms with Crippen LogP contribution in [0.2, 0.25) is 0 Å². The van der Waals surface area contributed by atoms with Crippen LogP contribution in [-0.4, -0.2) is 29.8 Å². The molecule has 3 unspecified atom stereocenters. The van der Waals surface area contributed by atoms with Gasteiger partial charge in [0.1, 0.15) is 0 Å². The van der Waals surface area contributed by atoms with Crippen LogP contribution in [0.3, 0.4) is 0 Å². The third kappa shape index (κ3) is 4.86. The van der Waals surface area contributed by atoms with Gasteiger partial charge in [-0.2, -0.15) is 0 Å². The van der Waals surface area contributed by atoms with Crippen LogP contribution in [0.5, 0.6) is 0 Å². The molecule has 0 nitrogen and oxygen atoms in total. The van der Waals surface area contributed by atoms with E-state index >= 15 is 0 Å². The molecule has 0 aromatic heterocycles. The Labute approximate surface area is 176 Å². The van der Waals surface area contributed by atoms with E-state index in [0.29, 0.717) is 0 Å². The summed E-state index contributed by atoms with van der Waals surface area (Å²) >= 11 is 0. The van der Waals surface area contributed by atoms with Crippen molar-refractivity contribution in [3.8, 4) is 0 Å². The molecular formula is C26H41P2+. The standard InChI is InChI=1S/C26H41P2/c1-28(2,25-18-10-5-11-19-25)26-20-12-13-22(26)21-27(23-14-6-3-7-15-23)24-16-8-4-9-17-24/h1,5,10-11,18-19,22-24,26H,3-4,6-9,12-17,20-21H2,2H3/q+1. The van der Waals surface area contributed by atoms with E-state index in [1.807, 2.05) is 0 Å². The van der Waals surface area contributed by atoms with Crippen molar-refractivity contribution in [3.05, 3.63) is 37.0 Å². The second-order valence-corrected chi connectivity index (χ2v) is 16.4. The summed E-state index contributed by atoms with van der Waals surface area (Å²) in [6, 6.07) is 11.2. The van der Waals surface area contributed by atoms with Crippen LogP contribution in [0, 0.1) is 12.6 Å². The summed E-state index contributed by atoms with van der Waals surface area (Å²) < 4.78 is 0. The second kappa shape index (κ2) is 9.92. The van der Waals surface area contributed by atoms with Gasteiger partial charge in [-0.15, -0.1) is 0 Å². The Hall–Kier alpha value is 0.0800. The fraction of sp³-hybridized carbons (Fsp3) is 0.731. The van der Waals surface area contributed by atoms with Gasteiger partial charge in [0, 0.05) is 0 Å². The van der Waals surface area contributed by atoms with Crippen molar-refractivity contribution >= 4 is 20.5 Å². The quantitative estimate of drug-likeness (QED) is 0.414. The fourth-order valence-electron chi connectivity index (χ4n) is 6.57. The number of hydrogen-bond donors (Lipinski definition) is 0. The smallest absolute Gasteiger partial charge is 0.0999 e. The van der Waals surface area contributed by atoms with Gasteiger partial charge in [0.15, 0.2) is 6.66 Å². The molecule has 0 amide bonds. The first kappa shape index (κ1) is 21.3. The van der Waals surface area contributed by atoms with Crippen LogP contribution >= 0.6 is 15.2 Å². The molecule has 28 heavy (non-hydrogen) atoms. The van der Waals surface area contributed by atoms with Crippen LogP contribution in [0.25, 0.3) is 0 Å². The maximum atomic E-state index is 7.18. The highest BCUT2D eigenvalue weighted by atomic mass is 31.2. The first-order valence-electron chi connectivity index (χ1n) is 12.1. The molecule has 0 bridgehead atoms. The molecular weight excluding hydrogens is 374 g/mol. The summed E-state index contributed by atoms with van der Waals surface area (Å²) in [6.45, 7) is 9.62. The largest absolute Gasteiger partial charge is 0.155 e. The summed E-state index contributed by atoms with van der Waals surface area (Å²) in [5.74, 6) is 0.915. The SMILES string of the molecule is [CH][P+](C)(c1ccccc1)C1CCCC1CP(C1CCCCC1)C1CCCCC1. The van der Waals surface area contributed by atoms with Gasteiger partial charge < -0.3 is 0 Å². The van der Waals surface area contributed by atoms with Gasteiger partial charge in [-0.25, -0.2) is 0 Å². The van der Waals surface area contributed by atoms with Crippen molar-refractivity contribution in [1.82, 2.24) is 0 Å². The summed E-state index contributed by atoms with van der Waals surface area (Å²) in [4.78, 5) is 0. The average Bonchev–Trinajstić information content (AvgIpc) is 3.23. The Morgan fingerprint density at radius 1 is 0.786 bits per heavy atom. The predicted octanol–water partition coefficient (Wildman–Crippen LogP) is 7.94. The zero-order valence-corrected chi connectivity index (χ0v) is 19.9. The fourth-order valence-corrected chi connectivity index (χ4v) is 14.0. The van der Waals surface area contributed by atoms with Crippen molar-refractivity contribution in [1.29, 1.82) is 0 Å². The van der Waals surface area contributed by atoms with Gasteiger partial charge in [0.25, 0.3) is 0 Å². The van der Waals surface area contributed by atoms with Gasteiger partial charge in [0.05, 0.1) is 24.9 Å². The van der Waals surface area contributed by atoms with Gasteiger partial charge in [-0.1, -0.05) is 64.6 Å². The average molecular weight is 416 g/mol. The lowest BCUT2D eigenvalue weighted by atomic mass is 9.99. The Balaban J connectivity index is 1.51. The number of benzene rings is 1. The maximum Gasteiger partial charge on any atom is 0.155 e. The van der Waals surface area contributed by atoms with E-state index in [1.165, 1.54) is 63.1 Å². The minimum absolute atomic E-state index is 0.212. The molecule has 3 aliphatic rings. The zero-order chi connectivity index (χ0) is 19.4. The van der Waals surface area contributed by atoms with Crippen LogP contribution < -0.4 is 5.30 Å². The molecule has 0 N–H and O–H groups in total. The minimum Gasteiger partial charge on any atom is -0.0999 e. The molecule has 0 saturated heterocycles. The topological polar surface area (TPSA) is 0 Å². The molecule has 3 aliphatic carbocycles. The Bertz CT molecular complexity index is 566. The summed E-state index contributed by atoms with van der Waals surface area (Å²) in [5, 5.41) is 1.46. The molecule has 1 aromatic carbocycles. The van der Waals surface area contributed by atoms with E-state index in [4.69, 9.17) is 6.66 Å². The third-order valence-electron chi connectivity index (χ3n) is 8.15. The molecule has 154 valence electrons. The molecule has 3 atom stereocenters. The van der Waals surface area contributed by atoms with E-state index in [-0.39, 0.29) is 7.92 Å². The molecule has 3 saturated carbocycles. The Morgan fingerprint density at radius 2 is 1.36 bits per heavy atom. The van der Waals surface area contributed by atoms with Crippen molar-refractivity contribution in [2.24, 2.45) is 5.92 Å².